The van der Waals surface area contributed by atoms with Crippen LogP contribution in [0.25, 0.3) is 17.5 Å². The molecule has 0 aliphatic rings. The Balaban J connectivity index is 1.68. The topological polar surface area (TPSA) is 73.6 Å². The summed E-state index contributed by atoms with van der Waals surface area (Å²) in [7, 11) is 1.60. The summed E-state index contributed by atoms with van der Waals surface area (Å²) in [5, 5.41) is 2.86. The molecule has 1 heterocycles. The normalized spacial score (nSPS) is 10.9. The zero-order valence-corrected chi connectivity index (χ0v) is 17.7. The highest BCUT2D eigenvalue weighted by molar-refractivity contribution is 6.02. The van der Waals surface area contributed by atoms with Crippen molar-refractivity contribution in [1.82, 2.24) is 4.98 Å². The van der Waals surface area contributed by atoms with E-state index in [1.807, 2.05) is 63.2 Å². The van der Waals surface area contributed by atoms with E-state index in [0.717, 1.165) is 29.0 Å². The fourth-order valence-electron chi connectivity index (χ4n) is 2.80. The van der Waals surface area contributed by atoms with E-state index in [2.05, 4.69) is 10.3 Å². The summed E-state index contributed by atoms with van der Waals surface area (Å²) in [5.74, 6) is 2.40. The lowest BCUT2D eigenvalue weighted by atomic mass is 10.1. The Morgan fingerprint density at radius 3 is 2.70 bits per heavy atom. The van der Waals surface area contributed by atoms with E-state index in [1.54, 1.807) is 13.2 Å². The Kier molecular flexibility index (Phi) is 6.91. The van der Waals surface area contributed by atoms with Gasteiger partial charge in [0.2, 0.25) is 11.8 Å². The van der Waals surface area contributed by atoms with Crippen LogP contribution in [-0.4, -0.2) is 24.6 Å². The van der Waals surface area contributed by atoms with Gasteiger partial charge in [0.15, 0.2) is 11.5 Å². The van der Waals surface area contributed by atoms with Crippen molar-refractivity contribution >= 4 is 17.7 Å². The Hall–Kier alpha value is -3.54. The lowest BCUT2D eigenvalue weighted by Crippen LogP contribution is -2.07. The summed E-state index contributed by atoms with van der Waals surface area (Å²) in [6, 6.07) is 13.0. The van der Waals surface area contributed by atoms with Gasteiger partial charge in [-0.25, -0.2) is 4.98 Å². The molecule has 1 aromatic heterocycles. The Morgan fingerprint density at radius 2 is 2.00 bits per heavy atom. The number of aryl methyl sites for hydroxylation is 2. The van der Waals surface area contributed by atoms with Crippen LogP contribution in [-0.2, 0) is 4.79 Å². The fraction of sp³-hybridized carbons (Fsp3) is 0.250. The smallest absolute Gasteiger partial charge is 0.248 e. The first-order valence-electron chi connectivity index (χ1n) is 9.84. The van der Waals surface area contributed by atoms with Crippen LogP contribution in [0.3, 0.4) is 0 Å². The zero-order valence-electron chi connectivity index (χ0n) is 17.7. The molecule has 0 unspecified atom stereocenters. The van der Waals surface area contributed by atoms with Crippen molar-refractivity contribution in [1.29, 1.82) is 0 Å². The molecule has 0 aliphatic heterocycles. The minimum absolute atomic E-state index is 0.239. The predicted molar refractivity (Wildman–Crippen MR) is 118 cm³/mol. The monoisotopic (exact) mass is 406 g/mol. The van der Waals surface area contributed by atoms with Crippen molar-refractivity contribution in [3.63, 3.8) is 0 Å². The number of methoxy groups -OCH3 is 1. The molecule has 3 aromatic rings. The first kappa shape index (κ1) is 21.2. The first-order chi connectivity index (χ1) is 14.5. The molecule has 30 heavy (non-hydrogen) atoms. The third-order valence-electron chi connectivity index (χ3n) is 4.48. The molecule has 1 N–H and O–H groups in total. The molecular formula is C24H26N2O4. The predicted octanol–water partition coefficient (Wildman–Crippen LogP) is 5.41. The van der Waals surface area contributed by atoms with Crippen molar-refractivity contribution in [3.05, 3.63) is 65.6 Å². The van der Waals surface area contributed by atoms with E-state index in [4.69, 9.17) is 13.9 Å². The van der Waals surface area contributed by atoms with Crippen LogP contribution in [0.15, 0.2) is 53.0 Å². The number of aromatic nitrogens is 1. The maximum atomic E-state index is 12.4. The van der Waals surface area contributed by atoms with E-state index >= 15 is 0 Å². The molecule has 6 nitrogen and oxygen atoms in total. The van der Waals surface area contributed by atoms with E-state index in [1.165, 1.54) is 6.08 Å². The lowest BCUT2D eigenvalue weighted by molar-refractivity contribution is -0.111. The molecule has 0 atom stereocenters. The number of ether oxygens (including phenoxy) is 2. The maximum absolute atomic E-state index is 12.4. The third-order valence-corrected chi connectivity index (χ3v) is 4.48. The highest BCUT2D eigenvalue weighted by Crippen LogP contribution is 2.29. The number of benzene rings is 2. The standard InChI is InChI=1S/C24H26N2O4/c1-5-13-29-21-11-9-18(14-22(21)28-4)10-12-23(27)26-20-8-6-7-19(15-20)24-25-16(2)17(3)30-24/h6-12,14-15H,5,13H2,1-4H3,(H,26,27)/b12-10+. The summed E-state index contributed by atoms with van der Waals surface area (Å²) in [6.07, 6.45) is 4.13. The van der Waals surface area contributed by atoms with Gasteiger partial charge in [-0.15, -0.1) is 0 Å². The SMILES string of the molecule is CCCOc1ccc(/C=C/C(=O)Nc2cccc(-c3nc(C)c(C)o3)c2)cc1OC. The number of hydrogen-bond donors (Lipinski definition) is 1. The Labute approximate surface area is 176 Å². The second kappa shape index (κ2) is 9.78. The number of nitrogens with zero attached hydrogens (tertiary/aromatic N) is 1. The van der Waals surface area contributed by atoms with Crippen LogP contribution >= 0.6 is 0 Å². The van der Waals surface area contributed by atoms with Crippen molar-refractivity contribution < 1.29 is 18.7 Å². The van der Waals surface area contributed by atoms with E-state index in [0.29, 0.717) is 29.7 Å². The quantitative estimate of drug-likeness (QED) is 0.507. The molecule has 0 spiro atoms. The highest BCUT2D eigenvalue weighted by Gasteiger charge is 2.09. The maximum Gasteiger partial charge on any atom is 0.248 e. The van der Waals surface area contributed by atoms with Gasteiger partial charge in [0.1, 0.15) is 5.76 Å². The summed E-state index contributed by atoms with van der Waals surface area (Å²) in [5.41, 5.74) is 3.16. The number of anilines is 1. The molecule has 1 amide bonds. The van der Waals surface area contributed by atoms with Crippen LogP contribution < -0.4 is 14.8 Å². The summed E-state index contributed by atoms with van der Waals surface area (Å²) < 4.78 is 16.7. The number of carbonyl (C=O) groups is 1. The van der Waals surface area contributed by atoms with Gasteiger partial charge in [-0.3, -0.25) is 4.79 Å². The highest BCUT2D eigenvalue weighted by atomic mass is 16.5. The molecule has 156 valence electrons. The van der Waals surface area contributed by atoms with E-state index < -0.39 is 0 Å². The van der Waals surface area contributed by atoms with Gasteiger partial charge >= 0.3 is 0 Å². The zero-order chi connectivity index (χ0) is 21.5. The van der Waals surface area contributed by atoms with E-state index in [-0.39, 0.29) is 5.91 Å². The van der Waals surface area contributed by atoms with Crippen LogP contribution in [0.2, 0.25) is 0 Å². The van der Waals surface area contributed by atoms with Crippen molar-refractivity contribution in [2.75, 3.05) is 19.0 Å². The number of hydrogen-bond acceptors (Lipinski definition) is 5. The Bertz CT molecular complexity index is 1030. The van der Waals surface area contributed by atoms with Gasteiger partial charge < -0.3 is 19.2 Å². The number of rotatable bonds is 8. The molecule has 3 rings (SSSR count). The number of oxazole rings is 1. The molecule has 0 aliphatic carbocycles. The number of nitrogens with one attached hydrogen (secondary N) is 1. The second-order valence-corrected chi connectivity index (χ2v) is 6.82. The molecule has 2 aromatic carbocycles. The largest absolute Gasteiger partial charge is 0.493 e. The molecule has 0 radical (unpaired) electrons. The van der Waals surface area contributed by atoms with Crippen molar-refractivity contribution in [2.45, 2.75) is 27.2 Å². The molecular weight excluding hydrogens is 380 g/mol. The van der Waals surface area contributed by atoms with Crippen molar-refractivity contribution in [3.8, 4) is 23.0 Å². The van der Waals surface area contributed by atoms with Crippen LogP contribution in [0, 0.1) is 13.8 Å². The van der Waals surface area contributed by atoms with Gasteiger partial charge in [-0.1, -0.05) is 19.1 Å². The Morgan fingerprint density at radius 1 is 1.17 bits per heavy atom. The molecule has 6 heteroatoms. The van der Waals surface area contributed by atoms with Gasteiger partial charge in [-0.05, 0) is 62.2 Å². The molecule has 0 saturated heterocycles. The van der Waals surface area contributed by atoms with Crippen molar-refractivity contribution in [2.24, 2.45) is 0 Å². The van der Waals surface area contributed by atoms with Crippen LogP contribution in [0.1, 0.15) is 30.4 Å². The summed E-state index contributed by atoms with van der Waals surface area (Å²) >= 11 is 0. The van der Waals surface area contributed by atoms with Gasteiger partial charge in [0.05, 0.1) is 19.4 Å². The second-order valence-electron chi connectivity index (χ2n) is 6.82. The average Bonchev–Trinajstić information content (AvgIpc) is 3.09. The summed E-state index contributed by atoms with van der Waals surface area (Å²) in [6.45, 7) is 6.45. The lowest BCUT2D eigenvalue weighted by Gasteiger charge is -2.10. The number of amides is 1. The minimum atomic E-state index is -0.239. The van der Waals surface area contributed by atoms with Gasteiger partial charge in [0.25, 0.3) is 0 Å². The van der Waals surface area contributed by atoms with Crippen LogP contribution in [0.4, 0.5) is 5.69 Å². The average molecular weight is 406 g/mol. The van der Waals surface area contributed by atoms with Gasteiger partial charge in [-0.2, -0.15) is 0 Å². The van der Waals surface area contributed by atoms with Crippen LogP contribution in [0.5, 0.6) is 11.5 Å². The molecule has 0 saturated carbocycles. The van der Waals surface area contributed by atoms with E-state index in [9.17, 15) is 4.79 Å². The minimum Gasteiger partial charge on any atom is -0.493 e. The fourth-order valence-corrected chi connectivity index (χ4v) is 2.80. The molecule has 0 fully saturated rings. The first-order valence-corrected chi connectivity index (χ1v) is 9.84. The third kappa shape index (κ3) is 5.29. The van der Waals surface area contributed by atoms with Gasteiger partial charge in [0, 0.05) is 17.3 Å². The molecule has 0 bridgehead atoms. The summed E-state index contributed by atoms with van der Waals surface area (Å²) in [4.78, 5) is 16.8. The number of carbonyl (C=O) groups excluding carboxylic acids is 1.